The van der Waals surface area contributed by atoms with Gasteiger partial charge in [-0.05, 0) is 55.0 Å². The maximum Gasteiger partial charge on any atom is 0.270 e. The van der Waals surface area contributed by atoms with Crippen molar-refractivity contribution in [1.82, 2.24) is 10.3 Å². The number of nitro benzene ring substituents is 1. The van der Waals surface area contributed by atoms with Crippen molar-refractivity contribution < 1.29 is 18.9 Å². The van der Waals surface area contributed by atoms with Gasteiger partial charge >= 0.3 is 0 Å². The molecular formula is C23H18N4O5S. The van der Waals surface area contributed by atoms with Crippen LogP contribution in [0.5, 0.6) is 5.75 Å². The molecule has 0 aliphatic heterocycles. The molecule has 0 saturated heterocycles. The van der Waals surface area contributed by atoms with Gasteiger partial charge in [-0.2, -0.15) is 0 Å². The second kappa shape index (κ2) is 9.05. The van der Waals surface area contributed by atoms with E-state index in [1.807, 2.05) is 25.1 Å². The van der Waals surface area contributed by atoms with Crippen molar-refractivity contribution in [2.24, 2.45) is 0 Å². The van der Waals surface area contributed by atoms with Gasteiger partial charge in [0.05, 0.1) is 12.0 Å². The first-order valence-corrected chi connectivity index (χ1v) is 10.2. The van der Waals surface area contributed by atoms with Crippen molar-refractivity contribution in [3.05, 3.63) is 81.9 Å². The van der Waals surface area contributed by atoms with Crippen LogP contribution < -0.4 is 15.4 Å². The lowest BCUT2D eigenvalue weighted by Crippen LogP contribution is -2.34. The number of hydrogen-bond donors (Lipinski definition) is 2. The molecule has 0 bridgehead atoms. The summed E-state index contributed by atoms with van der Waals surface area (Å²) in [6, 6.07) is 16.3. The number of aromatic nitrogens is 1. The summed E-state index contributed by atoms with van der Waals surface area (Å²) in [4.78, 5) is 27.3. The number of fused-ring (bicyclic) bond motifs is 1. The number of oxazole rings is 1. The van der Waals surface area contributed by atoms with E-state index in [0.29, 0.717) is 34.0 Å². The highest BCUT2D eigenvalue weighted by Crippen LogP contribution is 2.29. The molecule has 4 aromatic rings. The summed E-state index contributed by atoms with van der Waals surface area (Å²) >= 11 is 5.27. The molecule has 3 aromatic carbocycles. The van der Waals surface area contributed by atoms with Gasteiger partial charge in [0.15, 0.2) is 10.7 Å². The highest BCUT2D eigenvalue weighted by Gasteiger charge is 2.15. The molecule has 0 atom stereocenters. The molecule has 0 radical (unpaired) electrons. The third kappa shape index (κ3) is 4.80. The van der Waals surface area contributed by atoms with Crippen LogP contribution in [0.2, 0.25) is 0 Å². The number of amides is 1. The first-order chi connectivity index (χ1) is 15.8. The smallest absolute Gasteiger partial charge is 0.270 e. The van der Waals surface area contributed by atoms with Gasteiger partial charge < -0.3 is 14.5 Å². The third-order valence-electron chi connectivity index (χ3n) is 4.87. The predicted molar refractivity (Wildman–Crippen MR) is 128 cm³/mol. The lowest BCUT2D eigenvalue weighted by Gasteiger charge is -2.12. The lowest BCUT2D eigenvalue weighted by molar-refractivity contribution is -0.384. The van der Waals surface area contributed by atoms with Crippen LogP contribution in [0, 0.1) is 17.0 Å². The Morgan fingerprint density at radius 1 is 1.15 bits per heavy atom. The van der Waals surface area contributed by atoms with Crippen LogP contribution in [0.4, 0.5) is 11.4 Å². The van der Waals surface area contributed by atoms with Gasteiger partial charge in [0.1, 0.15) is 11.3 Å². The Morgan fingerprint density at radius 3 is 2.73 bits per heavy atom. The molecule has 1 aromatic heterocycles. The molecule has 33 heavy (non-hydrogen) atoms. The SMILES string of the molecule is COc1ccc2oc(-c3ccc(C)c(NC(=S)NC(=O)c4cccc([N+](=O)[O-])c4)c3)nc2c1. The monoisotopic (exact) mass is 462 g/mol. The minimum absolute atomic E-state index is 0.0501. The molecule has 0 spiro atoms. The van der Waals surface area contributed by atoms with Gasteiger partial charge in [0.25, 0.3) is 11.6 Å². The average molecular weight is 462 g/mol. The number of nitrogens with one attached hydrogen (secondary N) is 2. The highest BCUT2D eigenvalue weighted by atomic mass is 32.1. The van der Waals surface area contributed by atoms with Crippen LogP contribution in [0.25, 0.3) is 22.6 Å². The number of hydrogen-bond acceptors (Lipinski definition) is 7. The minimum atomic E-state index is -0.565. The summed E-state index contributed by atoms with van der Waals surface area (Å²) < 4.78 is 11.1. The topological polar surface area (TPSA) is 120 Å². The average Bonchev–Trinajstić information content (AvgIpc) is 3.23. The number of ether oxygens (including phenoxy) is 1. The van der Waals surface area contributed by atoms with Crippen LogP contribution in [0.3, 0.4) is 0 Å². The predicted octanol–water partition coefficient (Wildman–Crippen LogP) is 4.85. The van der Waals surface area contributed by atoms with E-state index in [0.717, 1.165) is 5.56 Å². The molecule has 166 valence electrons. The molecule has 1 amide bonds. The Labute approximate surface area is 193 Å². The fraction of sp³-hybridized carbons (Fsp3) is 0.0870. The lowest BCUT2D eigenvalue weighted by atomic mass is 10.1. The number of non-ortho nitro benzene ring substituents is 1. The van der Waals surface area contributed by atoms with Crippen LogP contribution >= 0.6 is 12.2 Å². The fourth-order valence-corrected chi connectivity index (χ4v) is 3.34. The third-order valence-corrected chi connectivity index (χ3v) is 5.08. The van der Waals surface area contributed by atoms with Crippen LogP contribution in [-0.4, -0.2) is 28.0 Å². The van der Waals surface area contributed by atoms with Crippen molar-refractivity contribution in [1.29, 1.82) is 0 Å². The number of nitrogens with zero attached hydrogens (tertiary/aromatic N) is 2. The molecule has 2 N–H and O–H groups in total. The summed E-state index contributed by atoms with van der Waals surface area (Å²) in [5.41, 5.74) is 3.48. The highest BCUT2D eigenvalue weighted by molar-refractivity contribution is 7.80. The normalized spacial score (nSPS) is 10.6. The maximum atomic E-state index is 12.4. The molecule has 0 fully saturated rings. The van der Waals surface area contributed by atoms with E-state index in [9.17, 15) is 14.9 Å². The quantitative estimate of drug-likeness (QED) is 0.245. The summed E-state index contributed by atoms with van der Waals surface area (Å²) in [5.74, 6) is 0.546. The van der Waals surface area contributed by atoms with Gasteiger partial charge in [0, 0.05) is 35.0 Å². The van der Waals surface area contributed by atoms with E-state index in [-0.39, 0.29) is 16.4 Å². The Hall–Kier alpha value is -4.31. The second-order valence-electron chi connectivity index (χ2n) is 7.10. The number of carbonyl (C=O) groups is 1. The van der Waals surface area contributed by atoms with Crippen LogP contribution in [0.1, 0.15) is 15.9 Å². The molecule has 0 aliphatic rings. The Kier molecular flexibility index (Phi) is 6.01. The number of thiocarbonyl (C=S) groups is 1. The molecule has 9 nitrogen and oxygen atoms in total. The van der Waals surface area contributed by atoms with E-state index in [1.54, 1.807) is 25.3 Å². The summed E-state index contributed by atoms with van der Waals surface area (Å²) in [7, 11) is 1.58. The first-order valence-electron chi connectivity index (χ1n) is 9.76. The minimum Gasteiger partial charge on any atom is -0.497 e. The number of benzene rings is 3. The van der Waals surface area contributed by atoms with E-state index in [4.69, 9.17) is 21.4 Å². The standard InChI is InChI=1S/C23H18N4O5S/c1-13-6-7-15(22-24-19-12-17(31-2)8-9-20(19)32-22)11-18(13)25-23(33)26-21(28)14-4-3-5-16(10-14)27(29)30/h3-12H,1-2H3,(H2,25,26,28,33). The zero-order valence-electron chi connectivity index (χ0n) is 17.6. The Bertz CT molecular complexity index is 1400. The number of carbonyl (C=O) groups excluding carboxylic acids is 1. The van der Waals surface area contributed by atoms with E-state index in [2.05, 4.69) is 15.6 Å². The number of anilines is 1. The van der Waals surface area contributed by atoms with Crippen molar-refractivity contribution in [3.63, 3.8) is 0 Å². The molecule has 0 aliphatic carbocycles. The largest absolute Gasteiger partial charge is 0.497 e. The van der Waals surface area contributed by atoms with Crippen molar-refractivity contribution >= 4 is 45.7 Å². The van der Waals surface area contributed by atoms with E-state index < -0.39 is 10.8 Å². The number of aryl methyl sites for hydroxylation is 1. The molecule has 0 unspecified atom stereocenters. The fourth-order valence-electron chi connectivity index (χ4n) is 3.14. The summed E-state index contributed by atoms with van der Waals surface area (Å²) in [6.07, 6.45) is 0. The van der Waals surface area contributed by atoms with Gasteiger partial charge in [-0.15, -0.1) is 0 Å². The van der Waals surface area contributed by atoms with Crippen molar-refractivity contribution in [2.75, 3.05) is 12.4 Å². The van der Waals surface area contributed by atoms with Gasteiger partial charge in [-0.3, -0.25) is 20.2 Å². The molecular weight excluding hydrogens is 444 g/mol. The Morgan fingerprint density at radius 2 is 1.97 bits per heavy atom. The zero-order chi connectivity index (χ0) is 23.5. The number of rotatable bonds is 5. The summed E-state index contributed by atoms with van der Waals surface area (Å²) in [5, 5.41) is 16.5. The van der Waals surface area contributed by atoms with Crippen LogP contribution in [0.15, 0.2) is 65.1 Å². The second-order valence-corrected chi connectivity index (χ2v) is 7.51. The van der Waals surface area contributed by atoms with E-state index in [1.165, 1.54) is 24.3 Å². The molecule has 0 saturated carbocycles. The van der Waals surface area contributed by atoms with Crippen molar-refractivity contribution in [2.45, 2.75) is 6.92 Å². The Balaban J connectivity index is 1.52. The van der Waals surface area contributed by atoms with Gasteiger partial charge in [-0.25, -0.2) is 4.98 Å². The van der Waals surface area contributed by atoms with Crippen LogP contribution in [-0.2, 0) is 0 Å². The molecule has 10 heteroatoms. The zero-order valence-corrected chi connectivity index (χ0v) is 18.4. The number of methoxy groups -OCH3 is 1. The van der Waals surface area contributed by atoms with E-state index >= 15 is 0 Å². The maximum absolute atomic E-state index is 12.4. The molecule has 4 rings (SSSR count). The molecule has 1 heterocycles. The van der Waals surface area contributed by atoms with Gasteiger partial charge in [0.2, 0.25) is 5.89 Å². The first kappa shape index (κ1) is 21.9. The number of nitro groups is 1. The van der Waals surface area contributed by atoms with Crippen molar-refractivity contribution in [3.8, 4) is 17.2 Å². The van der Waals surface area contributed by atoms with Gasteiger partial charge in [-0.1, -0.05) is 12.1 Å². The summed E-state index contributed by atoms with van der Waals surface area (Å²) in [6.45, 7) is 1.88.